The third-order valence-corrected chi connectivity index (χ3v) is 3.98. The van der Waals surface area contributed by atoms with Gasteiger partial charge in [0.2, 0.25) is 0 Å². The number of carbonyl (C=O) groups is 1. The van der Waals surface area contributed by atoms with Gasteiger partial charge in [-0.15, -0.1) is 0 Å². The van der Waals surface area contributed by atoms with Crippen molar-refractivity contribution in [2.45, 2.75) is 39.2 Å². The van der Waals surface area contributed by atoms with Gasteiger partial charge in [0.05, 0.1) is 6.54 Å². The first-order valence-corrected chi connectivity index (χ1v) is 6.24. The molecule has 0 atom stereocenters. The van der Waals surface area contributed by atoms with E-state index < -0.39 is 0 Å². The van der Waals surface area contributed by atoms with E-state index in [0.29, 0.717) is 0 Å². The van der Waals surface area contributed by atoms with E-state index in [1.165, 1.54) is 11.3 Å². The van der Waals surface area contributed by atoms with Crippen LogP contribution in [0, 0.1) is 12.8 Å². The lowest BCUT2D eigenvalue weighted by molar-refractivity contribution is -0.123. The van der Waals surface area contributed by atoms with E-state index in [0.717, 1.165) is 31.4 Å². The van der Waals surface area contributed by atoms with Crippen LogP contribution in [0.25, 0.3) is 0 Å². The Morgan fingerprint density at radius 2 is 2.20 bits per heavy atom. The first kappa shape index (κ1) is 10.6. The molecule has 0 unspecified atom stereocenters. The third kappa shape index (κ3) is 2.20. The van der Waals surface area contributed by atoms with E-state index in [1.807, 2.05) is 12.3 Å². The Morgan fingerprint density at radius 1 is 1.53 bits per heavy atom. The highest BCUT2D eigenvalue weighted by molar-refractivity contribution is 7.07. The summed E-state index contributed by atoms with van der Waals surface area (Å²) in [6.45, 7) is 2.15. The van der Waals surface area contributed by atoms with E-state index in [1.54, 1.807) is 4.57 Å². The lowest BCUT2D eigenvalue weighted by Gasteiger charge is -2.08. The Bertz CT molecular complexity index is 412. The van der Waals surface area contributed by atoms with E-state index in [9.17, 15) is 9.59 Å². The number of aromatic nitrogens is 1. The molecular weight excluding hydrogens is 210 g/mol. The molecule has 3 nitrogen and oxygen atoms in total. The van der Waals surface area contributed by atoms with Gasteiger partial charge < -0.3 is 0 Å². The van der Waals surface area contributed by atoms with Crippen molar-refractivity contribution in [3.05, 3.63) is 20.7 Å². The molecule has 1 aromatic heterocycles. The minimum absolute atomic E-state index is 0.0150. The normalized spacial score (nSPS) is 17.1. The molecule has 15 heavy (non-hydrogen) atoms. The zero-order valence-corrected chi connectivity index (χ0v) is 9.68. The molecule has 0 bridgehead atoms. The van der Waals surface area contributed by atoms with Gasteiger partial charge in [0, 0.05) is 17.0 Å². The molecule has 0 spiro atoms. The minimum Gasteiger partial charge on any atom is -0.297 e. The number of aryl methyl sites for hydroxylation is 1. The van der Waals surface area contributed by atoms with Gasteiger partial charge in [-0.1, -0.05) is 24.2 Å². The average molecular weight is 225 g/mol. The molecule has 0 saturated heterocycles. The summed E-state index contributed by atoms with van der Waals surface area (Å²) in [5.74, 6) is 0.437. The van der Waals surface area contributed by atoms with Crippen molar-refractivity contribution >= 4 is 17.1 Å². The van der Waals surface area contributed by atoms with Crippen molar-refractivity contribution in [3.8, 4) is 0 Å². The molecule has 1 fully saturated rings. The molecule has 0 radical (unpaired) electrons. The van der Waals surface area contributed by atoms with Crippen molar-refractivity contribution in [1.29, 1.82) is 0 Å². The highest BCUT2D eigenvalue weighted by Gasteiger charge is 2.23. The highest BCUT2D eigenvalue weighted by Crippen LogP contribution is 2.25. The van der Waals surface area contributed by atoms with Crippen LogP contribution in [0.5, 0.6) is 0 Å². The molecule has 1 aromatic rings. The molecule has 0 aliphatic heterocycles. The first-order valence-electron chi connectivity index (χ1n) is 5.36. The standard InChI is InChI=1S/C11H15NO2S/c1-8-7-15-11(14)12(8)6-10(13)9-4-2-3-5-9/h7,9H,2-6H2,1H3. The lowest BCUT2D eigenvalue weighted by Crippen LogP contribution is -2.24. The minimum atomic E-state index is -0.0150. The second kappa shape index (κ2) is 4.31. The Hall–Kier alpha value is -0.900. The smallest absolute Gasteiger partial charge is 0.297 e. The highest BCUT2D eigenvalue weighted by atomic mass is 32.1. The molecular formula is C11H15NO2S. The number of nitrogens with zero attached hydrogens (tertiary/aromatic N) is 1. The van der Waals surface area contributed by atoms with Crippen LogP contribution in [0.15, 0.2) is 10.2 Å². The summed E-state index contributed by atoms with van der Waals surface area (Å²) in [4.78, 5) is 23.3. The van der Waals surface area contributed by atoms with Crippen LogP contribution in [-0.2, 0) is 11.3 Å². The first-order chi connectivity index (χ1) is 7.18. The van der Waals surface area contributed by atoms with Gasteiger partial charge in [0.1, 0.15) is 0 Å². The van der Waals surface area contributed by atoms with Crippen LogP contribution >= 0.6 is 11.3 Å². The fourth-order valence-corrected chi connectivity index (χ4v) is 2.86. The summed E-state index contributed by atoms with van der Waals surface area (Å²) in [5, 5.41) is 1.81. The lowest BCUT2D eigenvalue weighted by atomic mass is 10.0. The van der Waals surface area contributed by atoms with Gasteiger partial charge in [-0.05, 0) is 19.8 Å². The van der Waals surface area contributed by atoms with Crippen LogP contribution in [0.1, 0.15) is 31.4 Å². The summed E-state index contributed by atoms with van der Waals surface area (Å²) >= 11 is 1.17. The molecule has 0 aromatic carbocycles. The van der Waals surface area contributed by atoms with Crippen molar-refractivity contribution < 1.29 is 4.79 Å². The van der Waals surface area contributed by atoms with E-state index >= 15 is 0 Å². The molecule has 0 N–H and O–H groups in total. The van der Waals surface area contributed by atoms with Crippen LogP contribution in [0.3, 0.4) is 0 Å². The SMILES string of the molecule is Cc1csc(=O)n1CC(=O)C1CCCC1. The fraction of sp³-hybridized carbons (Fsp3) is 0.636. The topological polar surface area (TPSA) is 39.1 Å². The number of hydrogen-bond donors (Lipinski definition) is 0. The predicted molar refractivity (Wildman–Crippen MR) is 60.3 cm³/mol. The summed E-state index contributed by atoms with van der Waals surface area (Å²) < 4.78 is 1.59. The molecule has 4 heteroatoms. The summed E-state index contributed by atoms with van der Waals surface area (Å²) in [7, 11) is 0. The number of ketones is 1. The number of carbonyl (C=O) groups excluding carboxylic acids is 1. The van der Waals surface area contributed by atoms with Crippen LogP contribution in [-0.4, -0.2) is 10.4 Å². The molecule has 1 saturated carbocycles. The molecule has 1 aliphatic carbocycles. The van der Waals surface area contributed by atoms with Gasteiger partial charge >= 0.3 is 4.87 Å². The second-order valence-electron chi connectivity index (χ2n) is 4.18. The summed E-state index contributed by atoms with van der Waals surface area (Å²) in [6, 6.07) is 0. The predicted octanol–water partition coefficient (Wildman–Crippen LogP) is 1.98. The molecule has 1 heterocycles. The van der Waals surface area contributed by atoms with Crippen molar-refractivity contribution in [2.24, 2.45) is 5.92 Å². The summed E-state index contributed by atoms with van der Waals surface area (Å²) in [5.41, 5.74) is 0.899. The molecule has 1 aliphatic rings. The largest absolute Gasteiger partial charge is 0.307 e. The molecule has 0 amide bonds. The fourth-order valence-electron chi connectivity index (χ4n) is 2.13. The van der Waals surface area contributed by atoms with Crippen LogP contribution in [0.4, 0.5) is 0 Å². The third-order valence-electron chi connectivity index (χ3n) is 3.10. The van der Waals surface area contributed by atoms with Crippen molar-refractivity contribution in [3.63, 3.8) is 0 Å². The zero-order valence-electron chi connectivity index (χ0n) is 8.86. The number of hydrogen-bond acceptors (Lipinski definition) is 3. The zero-order chi connectivity index (χ0) is 10.8. The van der Waals surface area contributed by atoms with Crippen molar-refractivity contribution in [2.75, 3.05) is 0 Å². The van der Waals surface area contributed by atoms with Crippen LogP contribution < -0.4 is 4.87 Å². The molecule has 2 rings (SSSR count). The monoisotopic (exact) mass is 225 g/mol. The molecule has 82 valence electrons. The van der Waals surface area contributed by atoms with E-state index in [2.05, 4.69) is 0 Å². The van der Waals surface area contributed by atoms with Gasteiger partial charge in [-0.25, -0.2) is 0 Å². The average Bonchev–Trinajstić information content (AvgIpc) is 2.82. The number of thiazole rings is 1. The maximum absolute atomic E-state index is 11.9. The van der Waals surface area contributed by atoms with Gasteiger partial charge in [-0.2, -0.15) is 0 Å². The quantitative estimate of drug-likeness (QED) is 0.789. The van der Waals surface area contributed by atoms with Gasteiger partial charge in [0.15, 0.2) is 5.78 Å². The summed E-state index contributed by atoms with van der Waals surface area (Å²) in [6.07, 6.45) is 4.34. The van der Waals surface area contributed by atoms with Crippen molar-refractivity contribution in [1.82, 2.24) is 4.57 Å². The van der Waals surface area contributed by atoms with Gasteiger partial charge in [0.25, 0.3) is 0 Å². The number of Topliss-reactive ketones (excluding diaryl/α,β-unsaturated/α-hetero) is 1. The number of rotatable bonds is 3. The maximum atomic E-state index is 11.9. The van der Waals surface area contributed by atoms with Crippen LogP contribution in [0.2, 0.25) is 0 Å². The van der Waals surface area contributed by atoms with E-state index in [-0.39, 0.29) is 23.1 Å². The Balaban J connectivity index is 2.08. The Kier molecular flexibility index (Phi) is 3.05. The Morgan fingerprint density at radius 3 is 2.73 bits per heavy atom. The maximum Gasteiger partial charge on any atom is 0.307 e. The van der Waals surface area contributed by atoms with E-state index in [4.69, 9.17) is 0 Å². The second-order valence-corrected chi connectivity index (χ2v) is 5.00. The van der Waals surface area contributed by atoms with Gasteiger partial charge in [-0.3, -0.25) is 14.2 Å². The Labute approximate surface area is 92.7 Å².